The molecule has 2 amide bonds. The van der Waals surface area contributed by atoms with Crippen LogP contribution in [0.1, 0.15) is 48.7 Å². The van der Waals surface area contributed by atoms with Gasteiger partial charge in [0.25, 0.3) is 5.91 Å². The zero-order valence-electron chi connectivity index (χ0n) is 19.2. The zero-order valence-corrected chi connectivity index (χ0v) is 19.2. The molecule has 0 bridgehead atoms. The minimum atomic E-state index is -0.656. The second kappa shape index (κ2) is 9.71. The zero-order chi connectivity index (χ0) is 23.4. The molecule has 0 radical (unpaired) electrons. The minimum Gasteiger partial charge on any atom is -0.391 e. The summed E-state index contributed by atoms with van der Waals surface area (Å²) in [6.07, 6.45) is 3.64. The van der Waals surface area contributed by atoms with Crippen LogP contribution in [0.5, 0.6) is 0 Å². The van der Waals surface area contributed by atoms with Gasteiger partial charge in [-0.05, 0) is 42.7 Å². The topological polar surface area (TPSA) is 82.5 Å². The van der Waals surface area contributed by atoms with E-state index in [2.05, 4.69) is 22.4 Å². The lowest BCUT2D eigenvalue weighted by Crippen LogP contribution is -2.44. The SMILES string of the molecule is CC(=O)NC[C@]1(c2ccccc2)CC[C@@H](O)[C@H](N(C)C(=O)c2nccc3ccccc23)CC1. The molecular weight excluding hydrogens is 414 g/mol. The van der Waals surface area contributed by atoms with Crippen LogP contribution in [0, 0.1) is 0 Å². The number of aliphatic hydroxyl groups is 1. The average Bonchev–Trinajstić information content (AvgIpc) is 3.01. The maximum Gasteiger partial charge on any atom is 0.273 e. The molecule has 1 aliphatic carbocycles. The molecule has 0 spiro atoms. The second-order valence-corrected chi connectivity index (χ2v) is 9.06. The Morgan fingerprint density at radius 2 is 1.76 bits per heavy atom. The quantitative estimate of drug-likeness (QED) is 0.587. The largest absolute Gasteiger partial charge is 0.391 e. The average molecular weight is 446 g/mol. The highest BCUT2D eigenvalue weighted by atomic mass is 16.3. The van der Waals surface area contributed by atoms with Gasteiger partial charge in [0.2, 0.25) is 5.91 Å². The van der Waals surface area contributed by atoms with Crippen LogP contribution < -0.4 is 5.32 Å². The Labute approximate surface area is 194 Å². The maximum atomic E-state index is 13.5. The minimum absolute atomic E-state index is 0.0685. The summed E-state index contributed by atoms with van der Waals surface area (Å²) < 4.78 is 0. The van der Waals surface area contributed by atoms with Crippen molar-refractivity contribution >= 4 is 22.6 Å². The molecule has 0 unspecified atom stereocenters. The first kappa shape index (κ1) is 22.9. The summed E-state index contributed by atoms with van der Waals surface area (Å²) in [5.41, 5.74) is 1.26. The number of carbonyl (C=O) groups is 2. The Morgan fingerprint density at radius 1 is 1.06 bits per heavy atom. The molecule has 0 saturated heterocycles. The maximum absolute atomic E-state index is 13.5. The summed E-state index contributed by atoms with van der Waals surface area (Å²) in [6, 6.07) is 19.4. The second-order valence-electron chi connectivity index (χ2n) is 9.06. The van der Waals surface area contributed by atoms with E-state index in [0.29, 0.717) is 25.1 Å². The van der Waals surface area contributed by atoms with Crippen LogP contribution >= 0.6 is 0 Å². The first-order valence-corrected chi connectivity index (χ1v) is 11.5. The Kier molecular flexibility index (Phi) is 6.75. The van der Waals surface area contributed by atoms with E-state index in [9.17, 15) is 14.7 Å². The molecule has 6 heteroatoms. The predicted octanol–water partition coefficient (Wildman–Crippen LogP) is 3.68. The van der Waals surface area contributed by atoms with Crippen molar-refractivity contribution in [3.63, 3.8) is 0 Å². The summed E-state index contributed by atoms with van der Waals surface area (Å²) in [7, 11) is 1.75. The number of benzene rings is 2. The molecule has 4 rings (SSSR count). The van der Waals surface area contributed by atoms with E-state index in [1.54, 1.807) is 18.1 Å². The van der Waals surface area contributed by atoms with Crippen LogP contribution in [-0.4, -0.2) is 52.5 Å². The van der Waals surface area contributed by atoms with E-state index in [0.717, 1.165) is 29.2 Å². The number of fused-ring (bicyclic) bond motifs is 1. The predicted molar refractivity (Wildman–Crippen MR) is 129 cm³/mol. The Hall–Kier alpha value is -3.25. The van der Waals surface area contributed by atoms with Crippen molar-refractivity contribution in [3.8, 4) is 0 Å². The fourth-order valence-electron chi connectivity index (χ4n) is 5.07. The number of aliphatic hydroxyl groups excluding tert-OH is 1. The number of aromatic nitrogens is 1. The highest BCUT2D eigenvalue weighted by Gasteiger charge is 2.40. The molecule has 3 atom stereocenters. The number of nitrogens with one attached hydrogen (secondary N) is 1. The van der Waals surface area contributed by atoms with Crippen LogP contribution in [0.4, 0.5) is 0 Å². The van der Waals surface area contributed by atoms with Gasteiger partial charge in [-0.25, -0.2) is 0 Å². The van der Waals surface area contributed by atoms with E-state index in [4.69, 9.17) is 0 Å². The highest BCUT2D eigenvalue weighted by molar-refractivity contribution is 6.05. The molecule has 1 saturated carbocycles. The summed E-state index contributed by atoms with van der Waals surface area (Å²) in [4.78, 5) is 31.2. The van der Waals surface area contributed by atoms with Gasteiger partial charge >= 0.3 is 0 Å². The van der Waals surface area contributed by atoms with Gasteiger partial charge in [-0.2, -0.15) is 0 Å². The Morgan fingerprint density at radius 3 is 2.52 bits per heavy atom. The molecule has 1 aliphatic rings. The highest BCUT2D eigenvalue weighted by Crippen LogP contribution is 2.39. The lowest BCUT2D eigenvalue weighted by Gasteiger charge is -2.34. The van der Waals surface area contributed by atoms with E-state index in [-0.39, 0.29) is 23.3 Å². The van der Waals surface area contributed by atoms with Gasteiger partial charge in [-0.15, -0.1) is 0 Å². The fourth-order valence-corrected chi connectivity index (χ4v) is 5.07. The number of amides is 2. The van der Waals surface area contributed by atoms with Gasteiger partial charge in [0.15, 0.2) is 0 Å². The fraction of sp³-hybridized carbons (Fsp3) is 0.370. The van der Waals surface area contributed by atoms with Gasteiger partial charge in [-0.1, -0.05) is 54.6 Å². The monoisotopic (exact) mass is 445 g/mol. The molecule has 33 heavy (non-hydrogen) atoms. The molecule has 3 aromatic rings. The van der Waals surface area contributed by atoms with Crippen molar-refractivity contribution in [1.82, 2.24) is 15.2 Å². The van der Waals surface area contributed by atoms with Crippen molar-refractivity contribution in [2.75, 3.05) is 13.6 Å². The van der Waals surface area contributed by atoms with Gasteiger partial charge < -0.3 is 15.3 Å². The summed E-state index contributed by atoms with van der Waals surface area (Å²) >= 11 is 0. The summed E-state index contributed by atoms with van der Waals surface area (Å²) in [5, 5.41) is 15.9. The van der Waals surface area contributed by atoms with Crippen molar-refractivity contribution in [2.24, 2.45) is 0 Å². The summed E-state index contributed by atoms with van der Waals surface area (Å²) in [5.74, 6) is -0.258. The van der Waals surface area contributed by atoms with Gasteiger partial charge in [0, 0.05) is 37.5 Å². The number of rotatable bonds is 5. The van der Waals surface area contributed by atoms with Gasteiger partial charge in [0.1, 0.15) is 5.69 Å². The van der Waals surface area contributed by atoms with Crippen LogP contribution in [0.2, 0.25) is 0 Å². The van der Waals surface area contributed by atoms with Crippen LogP contribution in [0.15, 0.2) is 66.9 Å². The third-order valence-electron chi connectivity index (χ3n) is 7.04. The van der Waals surface area contributed by atoms with E-state index < -0.39 is 6.10 Å². The molecular formula is C27H31N3O3. The normalized spacial score (nSPS) is 23.0. The molecule has 2 N–H and O–H groups in total. The van der Waals surface area contributed by atoms with Crippen molar-refractivity contribution in [2.45, 2.75) is 50.2 Å². The van der Waals surface area contributed by atoms with Crippen LogP contribution in [0.3, 0.4) is 0 Å². The first-order chi connectivity index (χ1) is 15.9. The van der Waals surface area contributed by atoms with Crippen molar-refractivity contribution in [1.29, 1.82) is 0 Å². The molecule has 1 heterocycles. The van der Waals surface area contributed by atoms with Crippen LogP contribution in [-0.2, 0) is 10.2 Å². The number of hydrogen-bond donors (Lipinski definition) is 2. The molecule has 1 aromatic heterocycles. The first-order valence-electron chi connectivity index (χ1n) is 11.5. The molecule has 6 nitrogen and oxygen atoms in total. The molecule has 172 valence electrons. The Balaban J connectivity index is 1.60. The van der Waals surface area contributed by atoms with Crippen molar-refractivity contribution in [3.05, 3.63) is 78.1 Å². The third kappa shape index (κ3) is 4.76. The van der Waals surface area contributed by atoms with Crippen LogP contribution in [0.25, 0.3) is 10.8 Å². The number of carbonyl (C=O) groups excluding carboxylic acids is 2. The molecule has 0 aliphatic heterocycles. The van der Waals surface area contributed by atoms with Crippen molar-refractivity contribution < 1.29 is 14.7 Å². The number of nitrogens with zero attached hydrogens (tertiary/aromatic N) is 2. The molecule has 1 fully saturated rings. The third-order valence-corrected chi connectivity index (χ3v) is 7.04. The van der Waals surface area contributed by atoms with E-state index >= 15 is 0 Å². The Bertz CT molecular complexity index is 1130. The number of pyridine rings is 1. The van der Waals surface area contributed by atoms with E-state index in [1.165, 1.54) is 6.92 Å². The summed E-state index contributed by atoms with van der Waals surface area (Å²) in [6.45, 7) is 2.03. The van der Waals surface area contributed by atoms with Gasteiger partial charge in [-0.3, -0.25) is 14.6 Å². The number of likely N-dealkylation sites (N-methyl/N-ethyl adjacent to an activating group) is 1. The standard InChI is InChI=1S/C27H31N3O3/c1-19(31)29-18-27(21-9-4-3-5-10-21)15-12-23(24(32)13-16-27)30(2)26(33)25-22-11-7-6-8-20(22)14-17-28-25/h3-11,14,17,23-24,32H,12-13,15-16,18H2,1-2H3,(H,29,31)/t23-,24-,27-/m1/s1. The number of hydrogen-bond acceptors (Lipinski definition) is 4. The molecule has 2 aromatic carbocycles. The lowest BCUT2D eigenvalue weighted by atomic mass is 9.74. The van der Waals surface area contributed by atoms with E-state index in [1.807, 2.05) is 48.5 Å². The van der Waals surface area contributed by atoms with Gasteiger partial charge in [0.05, 0.1) is 12.1 Å². The lowest BCUT2D eigenvalue weighted by molar-refractivity contribution is -0.119. The smallest absolute Gasteiger partial charge is 0.273 e.